The maximum absolute atomic E-state index is 13.3. The molecule has 0 atom stereocenters. The number of halogens is 1. The van der Waals surface area contributed by atoms with Gasteiger partial charge in [-0.2, -0.15) is 0 Å². The van der Waals surface area contributed by atoms with E-state index < -0.39 is 0 Å². The highest BCUT2D eigenvalue weighted by Crippen LogP contribution is 2.38. The Morgan fingerprint density at radius 2 is 1.77 bits per heavy atom. The first-order valence-electron chi connectivity index (χ1n) is 13.9. The van der Waals surface area contributed by atoms with E-state index in [1.165, 1.54) is 34.1 Å². The van der Waals surface area contributed by atoms with Gasteiger partial charge in [0.1, 0.15) is 5.00 Å². The number of thiophene rings is 1. The Labute approximate surface area is 263 Å². The normalized spacial score (nSPS) is 12.6. The molecule has 0 saturated heterocycles. The number of hydrogen-bond donors (Lipinski definition) is 3. The number of benzene rings is 2. The van der Waals surface area contributed by atoms with E-state index in [9.17, 15) is 14.4 Å². The first-order valence-corrected chi connectivity index (χ1v) is 16.0. The maximum atomic E-state index is 13.3. The third-order valence-corrected chi connectivity index (χ3v) is 9.52. The molecule has 4 aromatic rings. The molecule has 1 aliphatic carbocycles. The minimum absolute atomic E-state index is 0.0898. The SMILES string of the molecule is Cn1c(CNC(=O)/C=C/c2ccccc2Cl)nnc1SCC(=O)Nc1sc2c(c1C(=O)NCc1ccccc1)CCCC2. The number of anilines is 1. The number of aromatic nitrogens is 3. The monoisotopic (exact) mass is 634 g/mol. The lowest BCUT2D eigenvalue weighted by Crippen LogP contribution is -2.25. The van der Waals surface area contributed by atoms with Gasteiger partial charge in [0, 0.05) is 29.6 Å². The minimum atomic E-state index is -0.293. The van der Waals surface area contributed by atoms with Crippen molar-refractivity contribution < 1.29 is 14.4 Å². The summed E-state index contributed by atoms with van der Waals surface area (Å²) in [6.45, 7) is 0.588. The molecule has 3 N–H and O–H groups in total. The molecule has 2 aromatic carbocycles. The summed E-state index contributed by atoms with van der Waals surface area (Å²) in [6.07, 6.45) is 6.91. The second-order valence-corrected chi connectivity index (χ2v) is 12.4. The standard InChI is InChI=1S/C31H31ClN6O3S2/c1-38-25(18-33-26(39)16-15-21-11-5-7-13-23(21)32)36-37-31(38)42-19-27(40)35-30-28(22-12-6-8-14-24(22)43-30)29(41)34-17-20-9-3-2-4-10-20/h2-5,7,9-11,13,15-16H,6,8,12,14,17-19H2,1H3,(H,33,39)(H,34,41)(H,35,40)/b16-15+. The lowest BCUT2D eigenvalue weighted by atomic mass is 9.95. The average molecular weight is 635 g/mol. The number of thioether (sulfide) groups is 1. The molecular weight excluding hydrogens is 604 g/mol. The van der Waals surface area contributed by atoms with Gasteiger partial charge in [-0.15, -0.1) is 21.5 Å². The fraction of sp³-hybridized carbons (Fsp3) is 0.258. The largest absolute Gasteiger partial charge is 0.348 e. The number of fused-ring (bicyclic) bond motifs is 1. The lowest BCUT2D eigenvalue weighted by Gasteiger charge is -2.13. The second kappa shape index (κ2) is 14.5. The third-order valence-electron chi connectivity index (χ3n) is 6.94. The Kier molecular flexibility index (Phi) is 10.3. The predicted molar refractivity (Wildman–Crippen MR) is 171 cm³/mol. The van der Waals surface area contributed by atoms with E-state index in [-0.39, 0.29) is 30.0 Å². The zero-order chi connectivity index (χ0) is 30.2. The number of hydrogen-bond acceptors (Lipinski definition) is 7. The van der Waals surface area contributed by atoms with Crippen molar-refractivity contribution in [1.29, 1.82) is 0 Å². The molecule has 43 heavy (non-hydrogen) atoms. The first-order chi connectivity index (χ1) is 20.9. The van der Waals surface area contributed by atoms with Crippen LogP contribution in [0.25, 0.3) is 6.08 Å². The Balaban J connectivity index is 1.16. The molecule has 5 rings (SSSR count). The summed E-state index contributed by atoms with van der Waals surface area (Å²) in [7, 11) is 1.78. The van der Waals surface area contributed by atoms with Crippen LogP contribution in [-0.4, -0.2) is 38.2 Å². The number of amides is 3. The van der Waals surface area contributed by atoms with Gasteiger partial charge in [0.15, 0.2) is 11.0 Å². The quantitative estimate of drug-likeness (QED) is 0.150. The molecule has 0 unspecified atom stereocenters. The summed E-state index contributed by atoms with van der Waals surface area (Å²) >= 11 is 8.86. The van der Waals surface area contributed by atoms with Crippen LogP contribution in [0.5, 0.6) is 0 Å². The number of aryl methyl sites for hydroxylation is 1. The highest BCUT2D eigenvalue weighted by molar-refractivity contribution is 7.99. The Morgan fingerprint density at radius 1 is 1.00 bits per heavy atom. The molecule has 3 amide bonds. The van der Waals surface area contributed by atoms with E-state index in [0.29, 0.717) is 33.1 Å². The van der Waals surface area contributed by atoms with Crippen molar-refractivity contribution >= 4 is 63.5 Å². The van der Waals surface area contributed by atoms with Crippen LogP contribution in [0.4, 0.5) is 5.00 Å². The van der Waals surface area contributed by atoms with Crippen molar-refractivity contribution in [2.45, 2.75) is 43.9 Å². The van der Waals surface area contributed by atoms with E-state index in [0.717, 1.165) is 42.4 Å². The van der Waals surface area contributed by atoms with Crippen LogP contribution in [0.1, 0.15) is 50.6 Å². The molecule has 222 valence electrons. The van der Waals surface area contributed by atoms with Crippen molar-refractivity contribution in [2.24, 2.45) is 7.05 Å². The topological polar surface area (TPSA) is 118 Å². The molecular formula is C31H31ClN6O3S2. The molecule has 1 aliphatic rings. The summed E-state index contributed by atoms with van der Waals surface area (Å²) < 4.78 is 1.74. The maximum Gasteiger partial charge on any atom is 0.254 e. The third kappa shape index (κ3) is 7.92. The van der Waals surface area contributed by atoms with Crippen LogP contribution in [0.3, 0.4) is 0 Å². The number of nitrogens with zero attached hydrogens (tertiary/aromatic N) is 3. The summed E-state index contributed by atoms with van der Waals surface area (Å²) in [6, 6.07) is 17.0. The van der Waals surface area contributed by atoms with Crippen LogP contribution in [0.2, 0.25) is 5.02 Å². The minimum Gasteiger partial charge on any atom is -0.348 e. The number of carbonyl (C=O) groups excluding carboxylic acids is 3. The molecule has 9 nitrogen and oxygen atoms in total. The van der Waals surface area contributed by atoms with E-state index in [1.807, 2.05) is 48.5 Å². The molecule has 2 aromatic heterocycles. The number of nitrogens with one attached hydrogen (secondary N) is 3. The van der Waals surface area contributed by atoms with E-state index in [4.69, 9.17) is 11.6 Å². The summed E-state index contributed by atoms with van der Waals surface area (Å²) in [5.41, 5.74) is 3.39. The van der Waals surface area contributed by atoms with Gasteiger partial charge in [0.05, 0.1) is 17.9 Å². The van der Waals surface area contributed by atoms with Gasteiger partial charge < -0.3 is 20.5 Å². The van der Waals surface area contributed by atoms with Crippen molar-refractivity contribution in [2.75, 3.05) is 11.1 Å². The smallest absolute Gasteiger partial charge is 0.254 e. The van der Waals surface area contributed by atoms with Crippen LogP contribution in [0.15, 0.2) is 65.8 Å². The fourth-order valence-electron chi connectivity index (χ4n) is 4.68. The fourth-order valence-corrected chi connectivity index (χ4v) is 6.91. The highest BCUT2D eigenvalue weighted by Gasteiger charge is 2.26. The Hall–Kier alpha value is -3.93. The van der Waals surface area contributed by atoms with Crippen molar-refractivity contribution in [3.05, 3.63) is 98.7 Å². The van der Waals surface area contributed by atoms with Gasteiger partial charge in [0.25, 0.3) is 5.91 Å². The first kappa shape index (κ1) is 30.5. The van der Waals surface area contributed by atoms with E-state index >= 15 is 0 Å². The molecule has 12 heteroatoms. The zero-order valence-corrected chi connectivity index (χ0v) is 26.0. The average Bonchev–Trinajstić information content (AvgIpc) is 3.56. The van der Waals surface area contributed by atoms with Gasteiger partial charge in [-0.25, -0.2) is 0 Å². The molecule has 0 fully saturated rings. The van der Waals surface area contributed by atoms with Gasteiger partial charge >= 0.3 is 0 Å². The lowest BCUT2D eigenvalue weighted by molar-refractivity contribution is -0.116. The summed E-state index contributed by atoms with van der Waals surface area (Å²) in [5.74, 6) is -0.0624. The number of rotatable bonds is 11. The second-order valence-electron chi connectivity index (χ2n) is 9.95. The van der Waals surface area contributed by atoms with Gasteiger partial charge in [0.2, 0.25) is 11.8 Å². The molecule has 0 bridgehead atoms. The van der Waals surface area contributed by atoms with Crippen LogP contribution < -0.4 is 16.0 Å². The highest BCUT2D eigenvalue weighted by atomic mass is 35.5. The molecule has 2 heterocycles. The Morgan fingerprint density at radius 3 is 2.58 bits per heavy atom. The predicted octanol–water partition coefficient (Wildman–Crippen LogP) is 5.40. The van der Waals surface area contributed by atoms with E-state index in [1.54, 1.807) is 23.8 Å². The van der Waals surface area contributed by atoms with Crippen LogP contribution in [0, 0.1) is 0 Å². The van der Waals surface area contributed by atoms with Gasteiger partial charge in [-0.05, 0) is 54.5 Å². The van der Waals surface area contributed by atoms with Crippen molar-refractivity contribution in [1.82, 2.24) is 25.4 Å². The molecule has 0 saturated carbocycles. The van der Waals surface area contributed by atoms with Crippen molar-refractivity contribution in [3.8, 4) is 0 Å². The summed E-state index contributed by atoms with van der Waals surface area (Å²) in [5, 5.41) is 18.8. The van der Waals surface area contributed by atoms with Crippen molar-refractivity contribution in [3.63, 3.8) is 0 Å². The van der Waals surface area contributed by atoms with E-state index in [2.05, 4.69) is 26.1 Å². The van der Waals surface area contributed by atoms with Gasteiger partial charge in [-0.1, -0.05) is 71.9 Å². The van der Waals surface area contributed by atoms with Crippen LogP contribution in [-0.2, 0) is 42.6 Å². The van der Waals surface area contributed by atoms with Gasteiger partial charge in [-0.3, -0.25) is 14.4 Å². The zero-order valence-electron chi connectivity index (χ0n) is 23.6. The molecule has 0 radical (unpaired) electrons. The number of carbonyl (C=O) groups is 3. The summed E-state index contributed by atoms with van der Waals surface area (Å²) in [4.78, 5) is 39.8. The Bertz CT molecular complexity index is 1650. The van der Waals surface area contributed by atoms with Crippen LogP contribution >= 0.6 is 34.7 Å². The molecule has 0 aliphatic heterocycles. The molecule has 0 spiro atoms.